The number of hydrogen-bond donors (Lipinski definition) is 1. The number of carbonyl (C=O) groups is 1. The Hall–Kier alpha value is -0.570. The second-order valence-corrected chi connectivity index (χ2v) is 4.25. The molecule has 1 N–H and O–H groups in total. The average Bonchev–Trinajstić information content (AvgIpc) is 2.31. The van der Waals surface area contributed by atoms with Crippen molar-refractivity contribution in [3.8, 4) is 0 Å². The summed E-state index contributed by atoms with van der Waals surface area (Å²) in [4.78, 5) is 13.4. The SMILES string of the molecule is CC1CC(C)(C(=O)N(C)C)CN1. The van der Waals surface area contributed by atoms with Gasteiger partial charge in [-0.1, -0.05) is 0 Å². The third-order valence-electron chi connectivity index (χ3n) is 2.52. The summed E-state index contributed by atoms with van der Waals surface area (Å²) in [5, 5.41) is 3.30. The first-order valence-electron chi connectivity index (χ1n) is 4.41. The second kappa shape index (κ2) is 3.05. The number of hydrogen-bond acceptors (Lipinski definition) is 2. The van der Waals surface area contributed by atoms with Crippen LogP contribution in [0.25, 0.3) is 0 Å². The van der Waals surface area contributed by atoms with E-state index < -0.39 is 0 Å². The molecule has 0 aliphatic carbocycles. The Morgan fingerprint density at radius 2 is 2.17 bits per heavy atom. The molecule has 0 aromatic rings. The highest BCUT2D eigenvalue weighted by Crippen LogP contribution is 2.29. The summed E-state index contributed by atoms with van der Waals surface area (Å²) in [6.07, 6.45) is 0.948. The monoisotopic (exact) mass is 170 g/mol. The van der Waals surface area contributed by atoms with Crippen molar-refractivity contribution in [2.75, 3.05) is 20.6 Å². The van der Waals surface area contributed by atoms with Gasteiger partial charge in [0.15, 0.2) is 0 Å². The summed E-state index contributed by atoms with van der Waals surface area (Å²) in [6.45, 7) is 4.96. The standard InChI is InChI=1S/C9H18N2O/c1-7-5-9(2,6-10-7)8(12)11(3)4/h7,10H,5-6H2,1-4H3. The normalized spacial score (nSPS) is 35.2. The number of amides is 1. The molecule has 0 saturated carbocycles. The molecule has 3 heteroatoms. The molecule has 1 heterocycles. The highest BCUT2D eigenvalue weighted by Gasteiger charge is 2.40. The van der Waals surface area contributed by atoms with E-state index in [0.29, 0.717) is 6.04 Å². The average molecular weight is 170 g/mol. The minimum absolute atomic E-state index is 0.178. The summed E-state index contributed by atoms with van der Waals surface area (Å²) in [5.74, 6) is 0.236. The minimum Gasteiger partial charge on any atom is -0.348 e. The molecule has 1 aliphatic rings. The quantitative estimate of drug-likeness (QED) is 0.620. The molecule has 2 unspecified atom stereocenters. The van der Waals surface area contributed by atoms with Crippen molar-refractivity contribution < 1.29 is 4.79 Å². The lowest BCUT2D eigenvalue weighted by atomic mass is 9.86. The van der Waals surface area contributed by atoms with E-state index in [9.17, 15) is 4.79 Å². The van der Waals surface area contributed by atoms with Crippen LogP contribution in [0.3, 0.4) is 0 Å². The molecule has 0 aromatic carbocycles. The van der Waals surface area contributed by atoms with Crippen molar-refractivity contribution in [2.45, 2.75) is 26.3 Å². The molecule has 3 nitrogen and oxygen atoms in total. The van der Waals surface area contributed by atoms with Crippen LogP contribution >= 0.6 is 0 Å². The van der Waals surface area contributed by atoms with Crippen LogP contribution < -0.4 is 5.32 Å². The second-order valence-electron chi connectivity index (χ2n) is 4.25. The molecule has 0 bridgehead atoms. The van der Waals surface area contributed by atoms with E-state index in [-0.39, 0.29) is 11.3 Å². The zero-order chi connectivity index (χ0) is 9.35. The lowest BCUT2D eigenvalue weighted by Crippen LogP contribution is -2.39. The fourth-order valence-corrected chi connectivity index (χ4v) is 1.92. The predicted octanol–water partition coefficient (Wildman–Crippen LogP) is 0.463. The first kappa shape index (κ1) is 9.52. The topological polar surface area (TPSA) is 32.3 Å². The molecule has 70 valence electrons. The van der Waals surface area contributed by atoms with Crippen LogP contribution in [0.15, 0.2) is 0 Å². The molecule has 0 spiro atoms. The van der Waals surface area contributed by atoms with E-state index in [2.05, 4.69) is 12.2 Å². The van der Waals surface area contributed by atoms with Crippen molar-refractivity contribution in [3.05, 3.63) is 0 Å². The van der Waals surface area contributed by atoms with Crippen LogP contribution in [0.5, 0.6) is 0 Å². The van der Waals surface area contributed by atoms with Gasteiger partial charge in [-0.15, -0.1) is 0 Å². The lowest BCUT2D eigenvalue weighted by Gasteiger charge is -2.25. The van der Waals surface area contributed by atoms with Crippen LogP contribution in [0.2, 0.25) is 0 Å². The van der Waals surface area contributed by atoms with Crippen molar-refractivity contribution in [3.63, 3.8) is 0 Å². The highest BCUT2D eigenvalue weighted by molar-refractivity contribution is 5.82. The van der Waals surface area contributed by atoms with Crippen LogP contribution in [0.1, 0.15) is 20.3 Å². The van der Waals surface area contributed by atoms with Crippen LogP contribution in [0, 0.1) is 5.41 Å². The van der Waals surface area contributed by atoms with Gasteiger partial charge in [-0.25, -0.2) is 0 Å². The zero-order valence-electron chi connectivity index (χ0n) is 8.35. The molecule has 1 aliphatic heterocycles. The molecule has 0 radical (unpaired) electrons. The lowest BCUT2D eigenvalue weighted by molar-refractivity contribution is -0.137. The Morgan fingerprint density at radius 1 is 1.58 bits per heavy atom. The Labute approximate surface area is 74.1 Å². The van der Waals surface area contributed by atoms with Gasteiger partial charge >= 0.3 is 0 Å². The summed E-state index contributed by atoms with van der Waals surface area (Å²) >= 11 is 0. The first-order valence-corrected chi connectivity index (χ1v) is 4.41. The van der Waals surface area contributed by atoms with Crippen molar-refractivity contribution in [2.24, 2.45) is 5.41 Å². The zero-order valence-corrected chi connectivity index (χ0v) is 8.35. The molecule has 12 heavy (non-hydrogen) atoms. The fourth-order valence-electron chi connectivity index (χ4n) is 1.92. The van der Waals surface area contributed by atoms with E-state index in [4.69, 9.17) is 0 Å². The molecular formula is C9H18N2O. The molecule has 1 rings (SSSR count). The van der Waals surface area contributed by atoms with Gasteiger partial charge in [-0.05, 0) is 20.3 Å². The van der Waals surface area contributed by atoms with Gasteiger partial charge in [0.2, 0.25) is 5.91 Å². The predicted molar refractivity (Wildman–Crippen MR) is 48.9 cm³/mol. The van der Waals surface area contributed by atoms with Gasteiger partial charge in [0.25, 0.3) is 0 Å². The number of nitrogens with zero attached hydrogens (tertiary/aromatic N) is 1. The maximum Gasteiger partial charge on any atom is 0.229 e. The van der Waals surface area contributed by atoms with Crippen LogP contribution in [-0.2, 0) is 4.79 Å². The van der Waals surface area contributed by atoms with Crippen LogP contribution in [0.4, 0.5) is 0 Å². The van der Waals surface area contributed by atoms with Crippen molar-refractivity contribution >= 4 is 5.91 Å². The Morgan fingerprint density at radius 3 is 2.50 bits per heavy atom. The van der Waals surface area contributed by atoms with Crippen molar-refractivity contribution in [1.82, 2.24) is 10.2 Å². The molecule has 1 fully saturated rings. The third kappa shape index (κ3) is 1.61. The summed E-state index contributed by atoms with van der Waals surface area (Å²) < 4.78 is 0. The molecular weight excluding hydrogens is 152 g/mol. The van der Waals surface area contributed by atoms with Gasteiger partial charge in [0.05, 0.1) is 5.41 Å². The maximum atomic E-state index is 11.7. The van der Waals surface area contributed by atoms with Gasteiger partial charge in [0.1, 0.15) is 0 Å². The van der Waals surface area contributed by atoms with Gasteiger partial charge in [0, 0.05) is 26.7 Å². The summed E-state index contributed by atoms with van der Waals surface area (Å²) in [6, 6.07) is 0.471. The Kier molecular flexibility index (Phi) is 2.42. The molecule has 1 amide bonds. The van der Waals surface area contributed by atoms with Crippen molar-refractivity contribution in [1.29, 1.82) is 0 Å². The number of carbonyl (C=O) groups excluding carboxylic acids is 1. The highest BCUT2D eigenvalue weighted by atomic mass is 16.2. The maximum absolute atomic E-state index is 11.7. The first-order chi connectivity index (χ1) is 5.46. The van der Waals surface area contributed by atoms with Crippen LogP contribution in [-0.4, -0.2) is 37.5 Å². The smallest absolute Gasteiger partial charge is 0.229 e. The fraction of sp³-hybridized carbons (Fsp3) is 0.889. The van der Waals surface area contributed by atoms with E-state index in [1.807, 2.05) is 21.0 Å². The van der Waals surface area contributed by atoms with Gasteiger partial charge in [-0.2, -0.15) is 0 Å². The number of rotatable bonds is 1. The minimum atomic E-state index is -0.178. The van der Waals surface area contributed by atoms with Gasteiger partial charge < -0.3 is 10.2 Å². The van der Waals surface area contributed by atoms with Gasteiger partial charge in [-0.3, -0.25) is 4.79 Å². The molecule has 2 atom stereocenters. The molecule has 1 saturated heterocycles. The largest absolute Gasteiger partial charge is 0.348 e. The van der Waals surface area contributed by atoms with E-state index >= 15 is 0 Å². The molecule has 0 aromatic heterocycles. The Bertz CT molecular complexity index is 191. The summed E-state index contributed by atoms with van der Waals surface area (Å²) in [7, 11) is 3.63. The number of nitrogens with one attached hydrogen (secondary N) is 1. The Balaban J connectivity index is 2.67. The summed E-state index contributed by atoms with van der Waals surface area (Å²) in [5.41, 5.74) is -0.178. The van der Waals surface area contributed by atoms with E-state index in [1.54, 1.807) is 4.90 Å². The van der Waals surface area contributed by atoms with E-state index in [1.165, 1.54) is 0 Å². The third-order valence-corrected chi connectivity index (χ3v) is 2.52. The van der Waals surface area contributed by atoms with E-state index in [0.717, 1.165) is 13.0 Å².